The Kier molecular flexibility index (Phi) is 8.84. The first-order valence-electron chi connectivity index (χ1n) is 8.91. The lowest BCUT2D eigenvalue weighted by molar-refractivity contribution is 0.161. The van der Waals surface area contributed by atoms with E-state index in [-0.39, 0.29) is 0 Å². The minimum absolute atomic E-state index is 0.748. The van der Waals surface area contributed by atoms with E-state index in [1.54, 1.807) is 0 Å². The van der Waals surface area contributed by atoms with Gasteiger partial charge in [0.15, 0.2) is 0 Å². The molecule has 0 aromatic heterocycles. The molecule has 0 spiro atoms. The van der Waals surface area contributed by atoms with E-state index in [1.165, 1.54) is 37.1 Å². The van der Waals surface area contributed by atoms with Crippen LogP contribution in [0, 0.1) is 5.92 Å². The van der Waals surface area contributed by atoms with Gasteiger partial charge in [-0.15, -0.1) is 12.6 Å². The lowest BCUT2D eigenvalue weighted by atomic mass is 9.97. The molecule has 1 aromatic carbocycles. The molecule has 1 saturated heterocycles. The summed E-state index contributed by atoms with van der Waals surface area (Å²) in [5.41, 5.74) is 13.7. The van der Waals surface area contributed by atoms with Gasteiger partial charge in [0.05, 0.1) is 13.2 Å². The number of hydrogen-bond acceptors (Lipinski definition) is 5. The Bertz CT molecular complexity index is 496. The average Bonchev–Trinajstić information content (AvgIpc) is 2.65. The first kappa shape index (κ1) is 19.5. The molecule has 1 fully saturated rings. The number of rotatable bonds is 4. The standard InChI is InChI=1S/C11H12OS.C8H19N3/c13-11-3-1-9(2-4-11)10-5-7-12-8-6-10;9-3-6-11-4-1-8(7-10)2-5-11/h1-5,13H,6-8H2;8H,1-7,9-10H2. The molecule has 0 saturated carbocycles. The summed E-state index contributed by atoms with van der Waals surface area (Å²) in [7, 11) is 0. The van der Waals surface area contributed by atoms with Crippen molar-refractivity contribution < 1.29 is 4.74 Å². The fourth-order valence-electron chi connectivity index (χ4n) is 3.09. The second kappa shape index (κ2) is 10.9. The number of nitrogens with zero attached hydrogens (tertiary/aromatic N) is 1. The number of piperidine rings is 1. The molecular formula is C19H31N3OS. The van der Waals surface area contributed by atoms with E-state index < -0.39 is 0 Å². The maximum absolute atomic E-state index is 5.58. The molecule has 0 unspecified atom stereocenters. The highest BCUT2D eigenvalue weighted by Gasteiger charge is 2.16. The lowest BCUT2D eigenvalue weighted by Crippen LogP contribution is -2.38. The molecule has 2 heterocycles. The van der Waals surface area contributed by atoms with Gasteiger partial charge in [0, 0.05) is 18.0 Å². The zero-order valence-corrected chi connectivity index (χ0v) is 15.4. The summed E-state index contributed by atoms with van der Waals surface area (Å²) in [4.78, 5) is 3.43. The molecule has 5 heteroatoms. The van der Waals surface area contributed by atoms with Crippen LogP contribution in [0.15, 0.2) is 35.2 Å². The zero-order valence-electron chi connectivity index (χ0n) is 14.5. The van der Waals surface area contributed by atoms with Gasteiger partial charge in [-0.3, -0.25) is 0 Å². The lowest BCUT2D eigenvalue weighted by Gasteiger charge is -2.30. The van der Waals surface area contributed by atoms with E-state index in [1.807, 2.05) is 12.1 Å². The van der Waals surface area contributed by atoms with Crippen LogP contribution in [0.1, 0.15) is 24.8 Å². The molecule has 134 valence electrons. The summed E-state index contributed by atoms with van der Waals surface area (Å²) < 4.78 is 5.25. The topological polar surface area (TPSA) is 64.5 Å². The molecular weight excluding hydrogens is 318 g/mol. The van der Waals surface area contributed by atoms with Gasteiger partial charge in [-0.2, -0.15) is 0 Å². The first-order chi connectivity index (χ1) is 11.7. The molecule has 0 bridgehead atoms. The van der Waals surface area contributed by atoms with Crippen molar-refractivity contribution in [2.75, 3.05) is 45.9 Å². The maximum atomic E-state index is 5.58. The fraction of sp³-hybridized carbons (Fsp3) is 0.579. The molecule has 4 nitrogen and oxygen atoms in total. The van der Waals surface area contributed by atoms with Crippen LogP contribution in [0.25, 0.3) is 5.57 Å². The van der Waals surface area contributed by atoms with Crippen molar-refractivity contribution in [2.45, 2.75) is 24.2 Å². The van der Waals surface area contributed by atoms with Gasteiger partial charge in [0.1, 0.15) is 0 Å². The maximum Gasteiger partial charge on any atom is 0.0653 e. The van der Waals surface area contributed by atoms with Gasteiger partial charge in [0.2, 0.25) is 0 Å². The van der Waals surface area contributed by atoms with Crippen molar-refractivity contribution in [3.05, 3.63) is 35.9 Å². The van der Waals surface area contributed by atoms with Crippen molar-refractivity contribution in [3.8, 4) is 0 Å². The highest BCUT2D eigenvalue weighted by molar-refractivity contribution is 7.80. The Morgan fingerprint density at radius 2 is 1.83 bits per heavy atom. The molecule has 0 atom stereocenters. The third-order valence-corrected chi connectivity index (χ3v) is 4.99. The quantitative estimate of drug-likeness (QED) is 0.731. The molecule has 0 aliphatic carbocycles. The molecule has 2 aliphatic heterocycles. The average molecular weight is 350 g/mol. The van der Waals surface area contributed by atoms with Crippen molar-refractivity contribution in [3.63, 3.8) is 0 Å². The summed E-state index contributed by atoms with van der Waals surface area (Å²) in [6.07, 6.45) is 5.69. The minimum atomic E-state index is 0.748. The summed E-state index contributed by atoms with van der Waals surface area (Å²) in [6, 6.07) is 8.27. The van der Waals surface area contributed by atoms with E-state index in [4.69, 9.17) is 16.2 Å². The minimum Gasteiger partial charge on any atom is -0.377 e. The third-order valence-electron chi connectivity index (χ3n) is 4.69. The van der Waals surface area contributed by atoms with Crippen LogP contribution >= 0.6 is 12.6 Å². The molecule has 24 heavy (non-hydrogen) atoms. The van der Waals surface area contributed by atoms with E-state index in [9.17, 15) is 0 Å². The number of ether oxygens (including phenoxy) is 1. The number of thiol groups is 1. The highest BCUT2D eigenvalue weighted by atomic mass is 32.1. The summed E-state index contributed by atoms with van der Waals surface area (Å²) in [5, 5.41) is 0. The van der Waals surface area contributed by atoms with Crippen LogP contribution in [0.2, 0.25) is 0 Å². The Morgan fingerprint density at radius 3 is 2.38 bits per heavy atom. The van der Waals surface area contributed by atoms with Crippen molar-refractivity contribution in [1.82, 2.24) is 4.90 Å². The normalized spacial score (nSPS) is 19.4. The number of likely N-dealkylation sites (tertiary alicyclic amines) is 1. The van der Waals surface area contributed by atoms with Crippen LogP contribution in [0.5, 0.6) is 0 Å². The van der Waals surface area contributed by atoms with Gasteiger partial charge in [-0.1, -0.05) is 18.2 Å². The molecule has 1 aromatic rings. The van der Waals surface area contributed by atoms with Gasteiger partial charge >= 0.3 is 0 Å². The molecule has 0 amide bonds. The molecule has 4 N–H and O–H groups in total. The molecule has 3 rings (SSSR count). The number of hydrogen-bond donors (Lipinski definition) is 3. The Hall–Kier alpha value is -0.850. The third kappa shape index (κ3) is 6.57. The summed E-state index contributed by atoms with van der Waals surface area (Å²) in [5.74, 6) is 0.768. The monoisotopic (exact) mass is 349 g/mol. The Balaban J connectivity index is 0.000000177. The Labute approximate surface area is 151 Å². The predicted octanol–water partition coefficient (Wildman–Crippen LogP) is 2.39. The van der Waals surface area contributed by atoms with E-state index in [0.717, 1.165) is 50.1 Å². The van der Waals surface area contributed by atoms with Crippen molar-refractivity contribution in [2.24, 2.45) is 17.4 Å². The summed E-state index contributed by atoms with van der Waals surface area (Å²) in [6.45, 7) is 6.67. The van der Waals surface area contributed by atoms with Crippen LogP contribution in [0.4, 0.5) is 0 Å². The second-order valence-electron chi connectivity index (χ2n) is 6.41. The van der Waals surface area contributed by atoms with Crippen LogP contribution in [0.3, 0.4) is 0 Å². The molecule has 2 aliphatic rings. The highest BCUT2D eigenvalue weighted by Crippen LogP contribution is 2.22. The van der Waals surface area contributed by atoms with Crippen LogP contribution in [-0.2, 0) is 4.74 Å². The van der Waals surface area contributed by atoms with Crippen molar-refractivity contribution >= 4 is 18.2 Å². The molecule has 0 radical (unpaired) electrons. The first-order valence-corrected chi connectivity index (χ1v) is 9.36. The van der Waals surface area contributed by atoms with E-state index in [0.29, 0.717) is 0 Å². The number of benzene rings is 1. The zero-order chi connectivity index (χ0) is 17.2. The van der Waals surface area contributed by atoms with E-state index in [2.05, 4.69) is 35.7 Å². The van der Waals surface area contributed by atoms with Gasteiger partial charge in [0.25, 0.3) is 0 Å². The van der Waals surface area contributed by atoms with Crippen molar-refractivity contribution in [1.29, 1.82) is 0 Å². The van der Waals surface area contributed by atoms with E-state index >= 15 is 0 Å². The van der Waals surface area contributed by atoms with Crippen LogP contribution < -0.4 is 11.5 Å². The smallest absolute Gasteiger partial charge is 0.0653 e. The van der Waals surface area contributed by atoms with Gasteiger partial charge < -0.3 is 21.1 Å². The predicted molar refractivity (Wildman–Crippen MR) is 104 cm³/mol. The summed E-state index contributed by atoms with van der Waals surface area (Å²) >= 11 is 4.25. The Morgan fingerprint density at radius 1 is 1.12 bits per heavy atom. The number of nitrogens with two attached hydrogens (primary N) is 2. The van der Waals surface area contributed by atoms with Crippen LogP contribution in [-0.4, -0.2) is 50.8 Å². The van der Waals surface area contributed by atoms with Gasteiger partial charge in [-0.05, 0) is 68.1 Å². The fourth-order valence-corrected chi connectivity index (χ4v) is 3.24. The SMILES string of the molecule is NCCN1CCC(CN)CC1.Sc1ccc(C2=CCOCC2)cc1. The largest absolute Gasteiger partial charge is 0.377 e. The second-order valence-corrected chi connectivity index (χ2v) is 6.93. The van der Waals surface area contributed by atoms with Gasteiger partial charge in [-0.25, -0.2) is 0 Å².